The Morgan fingerprint density at radius 3 is 2.59 bits per heavy atom. The Balaban J connectivity index is 1.35. The maximum Gasteiger partial charge on any atom is 0.319 e. The van der Waals surface area contributed by atoms with Crippen molar-refractivity contribution in [1.29, 1.82) is 0 Å². The molecule has 6 heteroatoms. The summed E-state index contributed by atoms with van der Waals surface area (Å²) in [4.78, 5) is 17.6. The summed E-state index contributed by atoms with van der Waals surface area (Å²) >= 11 is 0. The monoisotopic (exact) mass is 464 g/mol. The first-order valence-corrected chi connectivity index (χ1v) is 12.3. The van der Waals surface area contributed by atoms with Gasteiger partial charge in [0.05, 0.1) is 5.52 Å². The van der Waals surface area contributed by atoms with Crippen molar-refractivity contribution in [3.63, 3.8) is 0 Å². The number of rotatable bonds is 6. The first-order chi connectivity index (χ1) is 16.7. The third-order valence-corrected chi connectivity index (χ3v) is 7.21. The number of carbonyl (C=O) groups excluding carboxylic acids is 1. The van der Waals surface area contributed by atoms with E-state index in [0.717, 1.165) is 22.2 Å². The minimum absolute atomic E-state index is 0.253. The van der Waals surface area contributed by atoms with Crippen molar-refractivity contribution >= 4 is 39.2 Å². The van der Waals surface area contributed by atoms with Crippen molar-refractivity contribution in [3.8, 4) is 11.1 Å². The van der Waals surface area contributed by atoms with Gasteiger partial charge in [-0.3, -0.25) is 8.96 Å². The Morgan fingerprint density at radius 2 is 1.76 bits per heavy atom. The molecule has 0 saturated carbocycles. The highest BCUT2D eigenvalue weighted by Crippen LogP contribution is 2.38. The van der Waals surface area contributed by atoms with Crippen molar-refractivity contribution in [2.75, 3.05) is 5.32 Å². The molecule has 5 aromatic rings. The molecule has 3 aromatic carbocycles. The Morgan fingerprint density at radius 1 is 0.941 bits per heavy atom. The standard InChI is InChI=1S/C28H24N4OS/c1-34(27-12-6-5-11-25(27)22-9-3-2-4-10-22)32-17-15-23-18-24(13-14-26(23)32)31-28(33)30-20-21-8-7-16-29-19-21/h2-19H,1,20H2,(H2,30,31,33). The lowest BCUT2D eigenvalue weighted by Gasteiger charge is -2.16. The molecule has 0 fully saturated rings. The third-order valence-electron chi connectivity index (χ3n) is 5.55. The fourth-order valence-electron chi connectivity index (χ4n) is 3.88. The van der Waals surface area contributed by atoms with Gasteiger partial charge in [-0.1, -0.05) is 71.1 Å². The predicted octanol–water partition coefficient (Wildman–Crippen LogP) is 6.55. The second kappa shape index (κ2) is 9.77. The van der Waals surface area contributed by atoms with E-state index in [1.807, 2.05) is 36.4 Å². The SMILES string of the molecule is C=S(c1ccccc1-c1ccccc1)n1ccc2cc(NC(=O)NCc3cccnc3)ccc21. The van der Waals surface area contributed by atoms with E-state index in [1.54, 1.807) is 12.4 Å². The minimum atomic E-state index is -0.433. The van der Waals surface area contributed by atoms with Crippen LogP contribution in [0.4, 0.5) is 10.5 Å². The number of carbonyl (C=O) groups is 1. The number of nitrogens with one attached hydrogen (secondary N) is 2. The quantitative estimate of drug-likeness (QED) is 0.280. The molecule has 0 radical (unpaired) electrons. The van der Waals surface area contributed by atoms with Gasteiger partial charge in [0, 0.05) is 41.1 Å². The van der Waals surface area contributed by atoms with Gasteiger partial charge >= 0.3 is 6.03 Å². The van der Waals surface area contributed by atoms with Gasteiger partial charge in [0.15, 0.2) is 0 Å². The molecule has 0 aliphatic heterocycles. The van der Waals surface area contributed by atoms with Crippen LogP contribution in [-0.2, 0) is 6.54 Å². The van der Waals surface area contributed by atoms with Crippen LogP contribution < -0.4 is 10.6 Å². The molecule has 0 saturated heterocycles. The van der Waals surface area contributed by atoms with Crippen LogP contribution in [0.5, 0.6) is 0 Å². The number of benzene rings is 3. The molecule has 168 valence electrons. The van der Waals surface area contributed by atoms with E-state index in [2.05, 4.69) is 86.3 Å². The van der Waals surface area contributed by atoms with Crippen LogP contribution >= 0.6 is 10.7 Å². The van der Waals surface area contributed by atoms with Crippen LogP contribution in [0.1, 0.15) is 5.56 Å². The number of nitrogens with zero attached hydrogens (tertiary/aromatic N) is 2. The number of hydrogen-bond donors (Lipinski definition) is 2. The van der Waals surface area contributed by atoms with Crippen molar-refractivity contribution in [3.05, 3.63) is 115 Å². The molecule has 1 atom stereocenters. The van der Waals surface area contributed by atoms with E-state index in [0.29, 0.717) is 6.54 Å². The Hall–Kier alpha value is -4.16. The topological polar surface area (TPSA) is 59.0 Å². The fourth-order valence-corrected chi connectivity index (χ4v) is 5.38. The summed E-state index contributed by atoms with van der Waals surface area (Å²) in [5.74, 6) is 4.52. The minimum Gasteiger partial charge on any atom is -0.334 e. The second-order valence-corrected chi connectivity index (χ2v) is 9.37. The summed E-state index contributed by atoms with van der Waals surface area (Å²) < 4.78 is 2.20. The van der Waals surface area contributed by atoms with Crippen molar-refractivity contribution in [2.45, 2.75) is 11.4 Å². The Labute approximate surface area is 201 Å². The van der Waals surface area contributed by atoms with E-state index >= 15 is 0 Å². The van der Waals surface area contributed by atoms with E-state index in [9.17, 15) is 4.79 Å². The molecular weight excluding hydrogens is 440 g/mol. The molecule has 2 aromatic heterocycles. The fraction of sp³-hybridized carbons (Fsp3) is 0.0357. The predicted molar refractivity (Wildman–Crippen MR) is 142 cm³/mol. The van der Waals surface area contributed by atoms with Gasteiger partial charge in [0.2, 0.25) is 0 Å². The van der Waals surface area contributed by atoms with Crippen molar-refractivity contribution in [1.82, 2.24) is 14.3 Å². The molecule has 2 heterocycles. The van der Waals surface area contributed by atoms with Gasteiger partial charge in [0.1, 0.15) is 0 Å². The Bertz CT molecular complexity index is 1460. The van der Waals surface area contributed by atoms with Crippen LogP contribution in [0.15, 0.2) is 114 Å². The van der Waals surface area contributed by atoms with Crippen LogP contribution in [-0.4, -0.2) is 20.9 Å². The third kappa shape index (κ3) is 4.63. The number of pyridine rings is 1. The maximum atomic E-state index is 12.3. The lowest BCUT2D eigenvalue weighted by atomic mass is 10.1. The molecule has 5 nitrogen and oxygen atoms in total. The van der Waals surface area contributed by atoms with Crippen molar-refractivity contribution < 1.29 is 4.79 Å². The van der Waals surface area contributed by atoms with E-state index in [1.165, 1.54) is 16.0 Å². The molecule has 2 N–H and O–H groups in total. The number of aromatic nitrogens is 2. The maximum absolute atomic E-state index is 12.3. The van der Waals surface area contributed by atoms with Gasteiger partial charge in [-0.05, 0) is 53.1 Å². The number of urea groups is 1. The van der Waals surface area contributed by atoms with Crippen LogP contribution in [0, 0.1) is 0 Å². The lowest BCUT2D eigenvalue weighted by molar-refractivity contribution is 0.251. The number of anilines is 1. The van der Waals surface area contributed by atoms with Gasteiger partial charge in [-0.2, -0.15) is 0 Å². The van der Waals surface area contributed by atoms with Gasteiger partial charge in [-0.25, -0.2) is 4.79 Å². The molecule has 0 spiro atoms. The number of hydrogen-bond acceptors (Lipinski definition) is 2. The first-order valence-electron chi connectivity index (χ1n) is 10.9. The lowest BCUT2D eigenvalue weighted by Crippen LogP contribution is -2.28. The molecule has 5 rings (SSSR count). The average molecular weight is 465 g/mol. The zero-order valence-electron chi connectivity index (χ0n) is 18.5. The van der Waals surface area contributed by atoms with Gasteiger partial charge in [-0.15, -0.1) is 0 Å². The normalized spacial score (nSPS) is 11.8. The Kier molecular flexibility index (Phi) is 6.23. The number of fused-ring (bicyclic) bond motifs is 1. The zero-order chi connectivity index (χ0) is 23.3. The average Bonchev–Trinajstić information content (AvgIpc) is 3.31. The number of amides is 2. The second-order valence-electron chi connectivity index (χ2n) is 7.81. The summed E-state index contributed by atoms with van der Waals surface area (Å²) in [5.41, 5.74) is 5.12. The highest BCUT2D eigenvalue weighted by Gasteiger charge is 2.11. The van der Waals surface area contributed by atoms with E-state index in [4.69, 9.17) is 0 Å². The highest BCUT2D eigenvalue weighted by molar-refractivity contribution is 8.13. The van der Waals surface area contributed by atoms with Crippen LogP contribution in [0.25, 0.3) is 22.0 Å². The summed E-state index contributed by atoms with van der Waals surface area (Å²) in [6.07, 6.45) is 5.51. The van der Waals surface area contributed by atoms with Crippen LogP contribution in [0.3, 0.4) is 0 Å². The molecule has 0 bridgehead atoms. The summed E-state index contributed by atoms with van der Waals surface area (Å²) in [5, 5.41) is 6.82. The zero-order valence-corrected chi connectivity index (χ0v) is 19.3. The highest BCUT2D eigenvalue weighted by atomic mass is 32.2. The summed E-state index contributed by atoms with van der Waals surface area (Å²) in [6, 6.07) is 30.3. The van der Waals surface area contributed by atoms with Gasteiger partial charge < -0.3 is 10.6 Å². The van der Waals surface area contributed by atoms with E-state index < -0.39 is 10.7 Å². The van der Waals surface area contributed by atoms with Crippen molar-refractivity contribution in [2.24, 2.45) is 0 Å². The molecule has 34 heavy (non-hydrogen) atoms. The van der Waals surface area contributed by atoms with Crippen LogP contribution in [0.2, 0.25) is 0 Å². The summed E-state index contributed by atoms with van der Waals surface area (Å²) in [7, 11) is -0.433. The molecule has 2 amide bonds. The smallest absolute Gasteiger partial charge is 0.319 e. The molecular formula is C28H24N4OS. The van der Waals surface area contributed by atoms with E-state index in [-0.39, 0.29) is 6.03 Å². The first kappa shape index (κ1) is 21.7. The molecule has 0 aliphatic carbocycles. The largest absolute Gasteiger partial charge is 0.334 e. The summed E-state index contributed by atoms with van der Waals surface area (Å²) in [6.45, 7) is 0.420. The van der Waals surface area contributed by atoms with Gasteiger partial charge in [0.25, 0.3) is 0 Å². The molecule has 0 aliphatic rings. The molecule has 1 unspecified atom stereocenters.